The van der Waals surface area contributed by atoms with Gasteiger partial charge in [-0.3, -0.25) is 10.1 Å². The third kappa shape index (κ3) is 2.83. The number of non-ortho nitro benzene ring substituents is 1. The number of rotatable bonds is 4. The van der Waals surface area contributed by atoms with Gasteiger partial charge in [-0.05, 0) is 19.4 Å². The molecule has 0 spiro atoms. The van der Waals surface area contributed by atoms with Crippen LogP contribution in [-0.2, 0) is 0 Å². The van der Waals surface area contributed by atoms with Gasteiger partial charge in [0.25, 0.3) is 5.69 Å². The molecule has 0 aromatic heterocycles. The van der Waals surface area contributed by atoms with E-state index in [-0.39, 0.29) is 11.8 Å². The van der Waals surface area contributed by atoms with Crippen molar-refractivity contribution in [1.82, 2.24) is 0 Å². The van der Waals surface area contributed by atoms with E-state index in [0.29, 0.717) is 11.4 Å². The van der Waals surface area contributed by atoms with Gasteiger partial charge in [0.2, 0.25) is 0 Å². The highest BCUT2D eigenvalue weighted by atomic mass is 16.6. The molecule has 5 nitrogen and oxygen atoms in total. The van der Waals surface area contributed by atoms with Crippen LogP contribution in [0.4, 0.5) is 11.4 Å². The normalized spacial score (nSPS) is 12.1. The van der Waals surface area contributed by atoms with Crippen molar-refractivity contribution in [2.75, 3.05) is 5.73 Å². The maximum Gasteiger partial charge on any atom is 0.271 e. The van der Waals surface area contributed by atoms with E-state index in [2.05, 4.69) is 0 Å². The van der Waals surface area contributed by atoms with Crippen LogP contribution < -0.4 is 10.5 Å². The third-order valence-corrected chi connectivity index (χ3v) is 2.11. The van der Waals surface area contributed by atoms with E-state index >= 15 is 0 Å². The van der Waals surface area contributed by atoms with Crippen LogP contribution >= 0.6 is 0 Å². The van der Waals surface area contributed by atoms with Crippen LogP contribution in [0.25, 0.3) is 0 Å². The van der Waals surface area contributed by atoms with Crippen LogP contribution in [0.15, 0.2) is 18.2 Å². The number of hydrogen-bond donors (Lipinski definition) is 1. The fourth-order valence-corrected chi connectivity index (χ4v) is 1.06. The first-order valence-electron chi connectivity index (χ1n) is 4.75. The zero-order valence-corrected chi connectivity index (χ0v) is 8.77. The number of nitrogens with zero attached hydrogens (tertiary/aromatic N) is 1. The second-order valence-electron chi connectivity index (χ2n) is 3.32. The van der Waals surface area contributed by atoms with Gasteiger partial charge in [-0.2, -0.15) is 0 Å². The summed E-state index contributed by atoms with van der Waals surface area (Å²) in [6.45, 7) is 3.91. The van der Waals surface area contributed by atoms with Gasteiger partial charge in [-0.25, -0.2) is 0 Å². The second-order valence-corrected chi connectivity index (χ2v) is 3.32. The van der Waals surface area contributed by atoms with E-state index in [1.165, 1.54) is 18.2 Å². The summed E-state index contributed by atoms with van der Waals surface area (Å²) in [5, 5.41) is 10.5. The molecular formula is C10H14N2O3. The lowest BCUT2D eigenvalue weighted by Gasteiger charge is -2.13. The largest absolute Gasteiger partial charge is 0.489 e. The maximum atomic E-state index is 10.5. The van der Waals surface area contributed by atoms with Crippen LogP contribution in [0.3, 0.4) is 0 Å². The Labute approximate surface area is 88.0 Å². The lowest BCUT2D eigenvalue weighted by Crippen LogP contribution is -2.11. The Kier molecular flexibility index (Phi) is 3.49. The van der Waals surface area contributed by atoms with E-state index in [1.54, 1.807) is 0 Å². The fourth-order valence-electron chi connectivity index (χ4n) is 1.06. The van der Waals surface area contributed by atoms with Crippen molar-refractivity contribution in [3.8, 4) is 5.75 Å². The van der Waals surface area contributed by atoms with Gasteiger partial charge in [-0.1, -0.05) is 6.92 Å². The van der Waals surface area contributed by atoms with E-state index in [9.17, 15) is 10.1 Å². The van der Waals surface area contributed by atoms with Crippen molar-refractivity contribution in [1.29, 1.82) is 0 Å². The molecule has 0 heterocycles. The molecule has 0 bridgehead atoms. The van der Waals surface area contributed by atoms with Gasteiger partial charge in [0.05, 0.1) is 16.7 Å². The van der Waals surface area contributed by atoms with E-state index in [0.717, 1.165) is 6.42 Å². The summed E-state index contributed by atoms with van der Waals surface area (Å²) in [5.41, 5.74) is 5.90. The van der Waals surface area contributed by atoms with Gasteiger partial charge >= 0.3 is 0 Å². The summed E-state index contributed by atoms with van der Waals surface area (Å²) in [6, 6.07) is 4.21. The van der Waals surface area contributed by atoms with Gasteiger partial charge in [0, 0.05) is 12.1 Å². The monoisotopic (exact) mass is 210 g/mol. The Morgan fingerprint density at radius 2 is 2.27 bits per heavy atom. The van der Waals surface area contributed by atoms with Gasteiger partial charge in [0.15, 0.2) is 0 Å². The molecule has 0 amide bonds. The summed E-state index contributed by atoms with van der Waals surface area (Å²) in [6.07, 6.45) is 0.907. The Hall–Kier alpha value is -1.78. The number of anilines is 1. The molecule has 1 unspecified atom stereocenters. The van der Waals surface area contributed by atoms with Crippen LogP contribution in [0.2, 0.25) is 0 Å². The second kappa shape index (κ2) is 4.63. The topological polar surface area (TPSA) is 78.4 Å². The molecule has 1 aromatic carbocycles. The summed E-state index contributed by atoms with van der Waals surface area (Å²) in [7, 11) is 0. The number of nitrogen functional groups attached to an aromatic ring is 1. The molecule has 0 aliphatic heterocycles. The summed E-state index contributed by atoms with van der Waals surface area (Å²) in [4.78, 5) is 9.97. The molecule has 0 radical (unpaired) electrons. The predicted molar refractivity (Wildman–Crippen MR) is 57.9 cm³/mol. The summed E-state index contributed by atoms with van der Waals surface area (Å²) >= 11 is 0. The molecule has 2 N–H and O–H groups in total. The Morgan fingerprint density at radius 1 is 1.60 bits per heavy atom. The molecule has 1 aromatic rings. The standard InChI is InChI=1S/C10H14N2O3/c1-3-7(2)15-10-5-4-8(12(13)14)6-9(10)11/h4-7H,3,11H2,1-2H3. The van der Waals surface area contributed by atoms with E-state index in [1.807, 2.05) is 13.8 Å². The van der Waals surface area contributed by atoms with E-state index in [4.69, 9.17) is 10.5 Å². The third-order valence-electron chi connectivity index (χ3n) is 2.11. The number of nitro benzene ring substituents is 1. The minimum atomic E-state index is -0.483. The molecule has 0 saturated carbocycles. The quantitative estimate of drug-likeness (QED) is 0.470. The average Bonchev–Trinajstić information content (AvgIpc) is 2.20. The number of ether oxygens (including phenoxy) is 1. The molecule has 1 rings (SSSR count). The van der Waals surface area contributed by atoms with Crippen LogP contribution in [0.1, 0.15) is 20.3 Å². The van der Waals surface area contributed by atoms with Crippen molar-refractivity contribution < 1.29 is 9.66 Å². The zero-order chi connectivity index (χ0) is 11.4. The summed E-state index contributed by atoms with van der Waals surface area (Å²) in [5.74, 6) is 0.495. The van der Waals surface area contributed by atoms with Crippen LogP contribution in [-0.4, -0.2) is 11.0 Å². The molecule has 0 saturated heterocycles. The molecule has 0 aliphatic rings. The minimum Gasteiger partial charge on any atom is -0.489 e. The lowest BCUT2D eigenvalue weighted by atomic mass is 10.2. The van der Waals surface area contributed by atoms with Gasteiger partial charge < -0.3 is 10.5 Å². The van der Waals surface area contributed by atoms with Gasteiger partial charge in [-0.15, -0.1) is 0 Å². The zero-order valence-electron chi connectivity index (χ0n) is 8.77. The summed E-state index contributed by atoms with van der Waals surface area (Å²) < 4.78 is 5.48. The van der Waals surface area contributed by atoms with Crippen LogP contribution in [0, 0.1) is 10.1 Å². The molecular weight excluding hydrogens is 196 g/mol. The SMILES string of the molecule is CCC(C)Oc1ccc([N+](=O)[O-])cc1N. The number of benzene rings is 1. The maximum absolute atomic E-state index is 10.5. The van der Waals surface area contributed by atoms with Crippen molar-refractivity contribution >= 4 is 11.4 Å². The highest BCUT2D eigenvalue weighted by Gasteiger charge is 2.10. The first-order valence-corrected chi connectivity index (χ1v) is 4.75. The first-order chi connectivity index (χ1) is 7.04. The van der Waals surface area contributed by atoms with Crippen molar-refractivity contribution in [3.63, 3.8) is 0 Å². The minimum absolute atomic E-state index is 0.0241. The van der Waals surface area contributed by atoms with Crippen molar-refractivity contribution in [2.24, 2.45) is 0 Å². The van der Waals surface area contributed by atoms with Gasteiger partial charge in [0.1, 0.15) is 5.75 Å². The van der Waals surface area contributed by atoms with Crippen molar-refractivity contribution in [3.05, 3.63) is 28.3 Å². The molecule has 15 heavy (non-hydrogen) atoms. The first kappa shape index (κ1) is 11.3. The molecule has 82 valence electrons. The Balaban J connectivity index is 2.88. The number of nitro groups is 1. The van der Waals surface area contributed by atoms with Crippen LogP contribution in [0.5, 0.6) is 5.75 Å². The molecule has 1 atom stereocenters. The Morgan fingerprint density at radius 3 is 2.73 bits per heavy atom. The van der Waals surface area contributed by atoms with E-state index < -0.39 is 4.92 Å². The predicted octanol–water partition coefficient (Wildman–Crippen LogP) is 2.35. The smallest absolute Gasteiger partial charge is 0.271 e. The fraction of sp³-hybridized carbons (Fsp3) is 0.400. The lowest BCUT2D eigenvalue weighted by molar-refractivity contribution is -0.384. The molecule has 0 aliphatic carbocycles. The van der Waals surface area contributed by atoms with Crippen molar-refractivity contribution in [2.45, 2.75) is 26.4 Å². The highest BCUT2D eigenvalue weighted by molar-refractivity contribution is 5.58. The molecule has 0 fully saturated rings. The Bertz CT molecular complexity index is 366. The average molecular weight is 210 g/mol. The highest BCUT2D eigenvalue weighted by Crippen LogP contribution is 2.27. The number of hydrogen-bond acceptors (Lipinski definition) is 4. The number of nitrogens with two attached hydrogens (primary N) is 1. The molecule has 5 heteroatoms.